The van der Waals surface area contributed by atoms with Gasteiger partial charge in [-0.1, -0.05) is 32.9 Å². The molecule has 0 amide bonds. The van der Waals surface area contributed by atoms with Crippen molar-refractivity contribution in [2.24, 2.45) is 28.4 Å². The van der Waals surface area contributed by atoms with Crippen LogP contribution in [-0.2, 0) is 0 Å². The lowest BCUT2D eigenvalue weighted by Gasteiger charge is -2.47. The summed E-state index contributed by atoms with van der Waals surface area (Å²) in [7, 11) is 0. The molecule has 0 fully saturated rings. The van der Waals surface area contributed by atoms with E-state index in [1.165, 1.54) is 6.07 Å². The van der Waals surface area contributed by atoms with Gasteiger partial charge in [-0.15, -0.1) is 0 Å². The maximum atomic E-state index is 14.1. The Hall–Kier alpha value is -3.17. The molecule has 6 heteroatoms. The maximum absolute atomic E-state index is 14.1. The van der Waals surface area contributed by atoms with Gasteiger partial charge in [-0.2, -0.15) is 15.8 Å². The van der Waals surface area contributed by atoms with Gasteiger partial charge in [-0.25, -0.2) is 8.78 Å². The lowest BCUT2D eigenvalue weighted by molar-refractivity contribution is 0.170. The fraction of sp³-hybridized carbons (Fsp3) is 0.435. The molecule has 29 heavy (non-hydrogen) atoms. The summed E-state index contributed by atoms with van der Waals surface area (Å²) in [6, 6.07) is 9.53. The average molecular weight is 392 g/mol. The molecule has 0 radical (unpaired) electrons. The van der Waals surface area contributed by atoms with E-state index in [1.54, 1.807) is 0 Å². The monoisotopic (exact) mass is 392 g/mol. The zero-order valence-electron chi connectivity index (χ0n) is 16.6. The molecule has 1 aromatic rings. The van der Waals surface area contributed by atoms with Crippen LogP contribution in [0.1, 0.15) is 45.1 Å². The molecule has 1 aromatic carbocycles. The Balaban J connectivity index is 2.32. The highest BCUT2D eigenvalue weighted by Gasteiger charge is 2.55. The number of fused-ring (bicyclic) bond motifs is 1. The molecule has 3 atom stereocenters. The minimum atomic E-state index is -1.84. The second kappa shape index (κ2) is 7.02. The predicted octanol–water partition coefficient (Wildman–Crippen LogP) is 4.83. The summed E-state index contributed by atoms with van der Waals surface area (Å²) < 4.78 is 27.6. The molecule has 2 N–H and O–H groups in total. The molecule has 0 bridgehead atoms. The van der Waals surface area contributed by atoms with Crippen LogP contribution in [0.3, 0.4) is 0 Å². The first-order valence-electron chi connectivity index (χ1n) is 9.49. The predicted molar refractivity (Wildman–Crippen MR) is 103 cm³/mol. The summed E-state index contributed by atoms with van der Waals surface area (Å²) in [4.78, 5) is 0. The van der Waals surface area contributed by atoms with Crippen LogP contribution in [0.25, 0.3) is 0 Å². The molecular formula is C23H22F2N4. The summed E-state index contributed by atoms with van der Waals surface area (Å²) >= 11 is 0. The van der Waals surface area contributed by atoms with Crippen LogP contribution in [0.2, 0.25) is 0 Å². The molecule has 0 unspecified atom stereocenters. The van der Waals surface area contributed by atoms with Crippen molar-refractivity contribution in [2.75, 3.05) is 0 Å². The Labute approximate surface area is 169 Å². The summed E-state index contributed by atoms with van der Waals surface area (Å²) in [6.45, 7) is 6.34. The third-order valence-corrected chi connectivity index (χ3v) is 6.40. The minimum Gasteiger partial charge on any atom is -0.399 e. The van der Waals surface area contributed by atoms with Gasteiger partial charge in [0.05, 0.1) is 23.4 Å². The van der Waals surface area contributed by atoms with Crippen LogP contribution in [-0.4, -0.2) is 0 Å². The van der Waals surface area contributed by atoms with Crippen molar-refractivity contribution in [3.8, 4) is 18.2 Å². The Kier molecular flexibility index (Phi) is 4.97. The Bertz CT molecular complexity index is 1030. The highest BCUT2D eigenvalue weighted by atomic mass is 19.2. The zero-order valence-corrected chi connectivity index (χ0v) is 16.6. The van der Waals surface area contributed by atoms with E-state index in [0.717, 1.165) is 18.6 Å². The van der Waals surface area contributed by atoms with E-state index >= 15 is 0 Å². The van der Waals surface area contributed by atoms with Crippen LogP contribution in [0.4, 0.5) is 8.78 Å². The molecule has 0 heterocycles. The molecule has 0 saturated carbocycles. The van der Waals surface area contributed by atoms with Crippen LogP contribution in [0, 0.1) is 68.3 Å². The third-order valence-electron chi connectivity index (χ3n) is 6.40. The summed E-state index contributed by atoms with van der Waals surface area (Å²) in [6.07, 6.45) is 3.31. The first kappa shape index (κ1) is 20.6. The zero-order chi connectivity index (χ0) is 21.6. The van der Waals surface area contributed by atoms with E-state index in [-0.39, 0.29) is 28.5 Å². The Morgan fingerprint density at radius 2 is 1.76 bits per heavy atom. The molecule has 2 aliphatic carbocycles. The minimum absolute atomic E-state index is 0.0396. The lowest BCUT2D eigenvalue weighted by Crippen LogP contribution is -2.44. The van der Waals surface area contributed by atoms with Gasteiger partial charge in [0.25, 0.3) is 0 Å². The number of nitrogens with two attached hydrogens (primary N) is 1. The number of benzene rings is 1. The van der Waals surface area contributed by atoms with Gasteiger partial charge in [0.2, 0.25) is 0 Å². The smallest absolute Gasteiger partial charge is 0.191 e. The quantitative estimate of drug-likeness (QED) is 0.740. The highest BCUT2D eigenvalue weighted by molar-refractivity contribution is 5.59. The first-order valence-corrected chi connectivity index (χ1v) is 9.49. The summed E-state index contributed by atoms with van der Waals surface area (Å²) in [5, 5.41) is 29.8. The van der Waals surface area contributed by atoms with Gasteiger partial charge in [-0.3, -0.25) is 0 Å². The second-order valence-corrected chi connectivity index (χ2v) is 8.88. The van der Waals surface area contributed by atoms with Crippen LogP contribution in [0.5, 0.6) is 0 Å². The lowest BCUT2D eigenvalue weighted by atomic mass is 9.54. The molecule has 2 aliphatic rings. The van der Waals surface area contributed by atoms with Gasteiger partial charge in [0.1, 0.15) is 6.07 Å². The van der Waals surface area contributed by atoms with Crippen molar-refractivity contribution in [2.45, 2.75) is 39.5 Å². The molecule has 0 spiro atoms. The largest absolute Gasteiger partial charge is 0.399 e. The fourth-order valence-electron chi connectivity index (χ4n) is 4.68. The molecule has 0 aliphatic heterocycles. The van der Waals surface area contributed by atoms with Gasteiger partial charge in [0, 0.05) is 5.92 Å². The van der Waals surface area contributed by atoms with E-state index in [1.807, 2.05) is 18.2 Å². The molecule has 0 aromatic heterocycles. The molecule has 148 valence electrons. The number of allylic oxidation sites excluding steroid dienone is 4. The van der Waals surface area contributed by atoms with E-state index in [9.17, 15) is 24.6 Å². The fourth-order valence-corrected chi connectivity index (χ4v) is 4.68. The van der Waals surface area contributed by atoms with Crippen molar-refractivity contribution >= 4 is 0 Å². The standard InChI is InChI=1S/C23H22F2N4/c1-22(2,3)14-5-6-15-16(9-14)20(13-4-7-18(24)19(25)8-13)23(11-27,12-28)21(29)17(15)10-26/h4,6-8,14,16,20H,5,9,29H2,1-3H3/t14-,16+,20-/m1/s1. The van der Waals surface area contributed by atoms with Gasteiger partial charge < -0.3 is 5.73 Å². The van der Waals surface area contributed by atoms with E-state index in [4.69, 9.17) is 5.73 Å². The van der Waals surface area contributed by atoms with Crippen molar-refractivity contribution in [1.82, 2.24) is 0 Å². The molecule has 0 saturated heterocycles. The van der Waals surface area contributed by atoms with Gasteiger partial charge in [-0.05, 0) is 53.4 Å². The number of nitrogens with zero attached hydrogens (tertiary/aromatic N) is 3. The first-order chi connectivity index (χ1) is 13.6. The number of hydrogen-bond donors (Lipinski definition) is 1. The number of nitriles is 3. The highest BCUT2D eigenvalue weighted by Crippen LogP contribution is 2.57. The number of rotatable bonds is 1. The number of hydrogen-bond acceptors (Lipinski definition) is 4. The van der Waals surface area contributed by atoms with Crippen molar-refractivity contribution < 1.29 is 8.78 Å². The van der Waals surface area contributed by atoms with E-state index < -0.39 is 23.0 Å². The normalized spacial score (nSPS) is 25.9. The summed E-state index contributed by atoms with van der Waals surface area (Å²) in [5.41, 5.74) is 5.41. The van der Waals surface area contributed by atoms with Crippen LogP contribution < -0.4 is 5.73 Å². The van der Waals surface area contributed by atoms with Gasteiger partial charge in [0.15, 0.2) is 17.0 Å². The van der Waals surface area contributed by atoms with E-state index in [0.29, 0.717) is 17.6 Å². The second-order valence-electron chi connectivity index (χ2n) is 8.88. The van der Waals surface area contributed by atoms with Crippen LogP contribution in [0.15, 0.2) is 41.1 Å². The molecular weight excluding hydrogens is 370 g/mol. The molecule has 3 rings (SSSR count). The maximum Gasteiger partial charge on any atom is 0.191 e. The van der Waals surface area contributed by atoms with Crippen molar-refractivity contribution in [3.05, 3.63) is 58.3 Å². The SMILES string of the molecule is CC(C)(C)[C@@H]1CC=C2C(C#N)=C(N)C(C#N)(C#N)[C@H](c3ccc(F)c(F)c3)[C@H]2C1. The Morgan fingerprint density at radius 3 is 2.28 bits per heavy atom. The number of halogens is 2. The molecule has 4 nitrogen and oxygen atoms in total. The van der Waals surface area contributed by atoms with E-state index in [2.05, 4.69) is 26.8 Å². The third kappa shape index (κ3) is 3.08. The summed E-state index contributed by atoms with van der Waals surface area (Å²) in [5.74, 6) is -2.99. The van der Waals surface area contributed by atoms with Gasteiger partial charge >= 0.3 is 0 Å². The Morgan fingerprint density at radius 1 is 1.10 bits per heavy atom. The van der Waals surface area contributed by atoms with Crippen molar-refractivity contribution in [3.63, 3.8) is 0 Å². The van der Waals surface area contributed by atoms with Crippen LogP contribution >= 0.6 is 0 Å². The van der Waals surface area contributed by atoms with Crippen molar-refractivity contribution in [1.29, 1.82) is 15.8 Å². The topological polar surface area (TPSA) is 97.4 Å². The average Bonchev–Trinajstić information content (AvgIpc) is 2.68.